The van der Waals surface area contributed by atoms with Crippen molar-refractivity contribution in [1.29, 1.82) is 0 Å². The van der Waals surface area contributed by atoms with Crippen LogP contribution in [0.4, 0.5) is 21.0 Å². The van der Waals surface area contributed by atoms with Crippen molar-refractivity contribution in [3.8, 4) is 0 Å². The predicted octanol–water partition coefficient (Wildman–Crippen LogP) is 3.46. The number of benzene rings is 2. The summed E-state index contributed by atoms with van der Waals surface area (Å²) in [6.07, 6.45) is 0. The molecule has 5 N–H and O–H groups in total. The van der Waals surface area contributed by atoms with Crippen LogP contribution in [-0.2, 0) is 4.79 Å². The average Bonchev–Trinajstić information content (AvgIpc) is 3.11. The van der Waals surface area contributed by atoms with E-state index in [9.17, 15) is 18.8 Å². The lowest BCUT2D eigenvalue weighted by atomic mass is 10.1. The third-order valence-corrected chi connectivity index (χ3v) is 5.80. The van der Waals surface area contributed by atoms with Crippen molar-refractivity contribution >= 4 is 57.2 Å². The van der Waals surface area contributed by atoms with E-state index >= 15 is 0 Å². The molecule has 3 rings (SSSR count). The number of nitrogens with two attached hydrogens (primary N) is 2. The van der Waals surface area contributed by atoms with Crippen molar-refractivity contribution in [3.05, 3.63) is 69.3 Å². The molecule has 1 atom stereocenters. The first-order valence-electron chi connectivity index (χ1n) is 8.78. The lowest BCUT2D eigenvalue weighted by molar-refractivity contribution is -0.118. The molecule has 8 nitrogen and oxygen atoms in total. The zero-order chi connectivity index (χ0) is 22.9. The van der Waals surface area contributed by atoms with E-state index in [0.717, 1.165) is 17.4 Å². The molecule has 0 bridgehead atoms. The number of carboxylic acids is 1. The number of rotatable bonds is 7. The lowest BCUT2D eigenvalue weighted by Crippen LogP contribution is -2.40. The van der Waals surface area contributed by atoms with Crippen LogP contribution in [0.2, 0.25) is 5.02 Å². The molecule has 0 fully saturated rings. The van der Waals surface area contributed by atoms with Gasteiger partial charge in [0.1, 0.15) is 22.6 Å². The first-order valence-corrected chi connectivity index (χ1v) is 9.97. The fourth-order valence-corrected chi connectivity index (χ4v) is 3.91. The number of hydrogen-bond acceptors (Lipinski definition) is 7. The van der Waals surface area contributed by atoms with Crippen molar-refractivity contribution in [2.75, 3.05) is 10.6 Å². The second-order valence-electron chi connectivity index (χ2n) is 6.47. The third kappa shape index (κ3) is 4.49. The van der Waals surface area contributed by atoms with Gasteiger partial charge in [0.25, 0.3) is 0 Å². The second kappa shape index (κ2) is 8.70. The Kier molecular flexibility index (Phi) is 6.23. The topological polar surface area (TPSA) is 140 Å². The second-order valence-corrected chi connectivity index (χ2v) is 7.85. The molecule has 31 heavy (non-hydrogen) atoms. The van der Waals surface area contributed by atoms with Crippen LogP contribution in [0.5, 0.6) is 0 Å². The van der Waals surface area contributed by atoms with Crippen LogP contribution in [0.25, 0.3) is 0 Å². The van der Waals surface area contributed by atoms with Crippen LogP contribution in [0.3, 0.4) is 0 Å². The highest BCUT2D eigenvalue weighted by Crippen LogP contribution is 2.36. The number of aromatic carboxylic acids is 1. The number of aromatic nitrogens is 1. The molecule has 0 aliphatic heterocycles. The number of primary amides is 1. The lowest BCUT2D eigenvalue weighted by Gasteiger charge is -2.26. The molecular formula is C20H16ClFN4O4S. The molecule has 0 radical (unpaired) electrons. The van der Waals surface area contributed by atoms with Crippen LogP contribution in [-0.4, -0.2) is 33.8 Å². The maximum absolute atomic E-state index is 14.0. The number of thiazole rings is 1. The Bertz CT molecular complexity index is 1180. The van der Waals surface area contributed by atoms with E-state index < -0.39 is 29.5 Å². The predicted molar refractivity (Wildman–Crippen MR) is 116 cm³/mol. The Morgan fingerprint density at radius 1 is 1.16 bits per heavy atom. The minimum absolute atomic E-state index is 0.0285. The smallest absolute Gasteiger partial charge is 0.335 e. The molecule has 0 unspecified atom stereocenters. The largest absolute Gasteiger partial charge is 0.478 e. The Hall–Kier alpha value is -3.50. The van der Waals surface area contributed by atoms with Crippen molar-refractivity contribution in [3.63, 3.8) is 0 Å². The number of carbonyl (C=O) groups is 3. The summed E-state index contributed by atoms with van der Waals surface area (Å²) in [6, 6.07) is 8.30. The number of hydrogen-bond donors (Lipinski definition) is 3. The van der Waals surface area contributed by atoms with Gasteiger partial charge in [0, 0.05) is 11.3 Å². The summed E-state index contributed by atoms with van der Waals surface area (Å²) < 4.78 is 14.0. The van der Waals surface area contributed by atoms with Crippen molar-refractivity contribution in [2.24, 2.45) is 5.73 Å². The molecule has 0 aliphatic rings. The maximum Gasteiger partial charge on any atom is 0.335 e. The minimum atomic E-state index is -1.12. The van der Waals surface area contributed by atoms with Gasteiger partial charge in [-0.25, -0.2) is 14.2 Å². The van der Waals surface area contributed by atoms with E-state index in [4.69, 9.17) is 28.2 Å². The van der Waals surface area contributed by atoms with E-state index in [0.29, 0.717) is 0 Å². The number of halogens is 2. The van der Waals surface area contributed by atoms with Gasteiger partial charge in [0.05, 0.1) is 10.6 Å². The van der Waals surface area contributed by atoms with Gasteiger partial charge in [0.2, 0.25) is 11.7 Å². The zero-order valence-electron chi connectivity index (χ0n) is 16.0. The first-order chi connectivity index (χ1) is 14.6. The number of nitrogens with zero attached hydrogens (tertiary/aromatic N) is 2. The molecule has 1 aromatic heterocycles. The summed E-state index contributed by atoms with van der Waals surface area (Å²) in [7, 11) is 0. The van der Waals surface area contributed by atoms with E-state index in [1.54, 1.807) is 0 Å². The summed E-state index contributed by atoms with van der Waals surface area (Å²) >= 11 is 6.64. The highest BCUT2D eigenvalue weighted by molar-refractivity contribution is 7.18. The minimum Gasteiger partial charge on any atom is -0.478 e. The number of amides is 1. The molecular weight excluding hydrogens is 447 g/mol. The summed E-state index contributed by atoms with van der Waals surface area (Å²) in [6.45, 7) is 1.50. The van der Waals surface area contributed by atoms with Crippen molar-refractivity contribution in [1.82, 2.24) is 4.98 Å². The van der Waals surface area contributed by atoms with Gasteiger partial charge < -0.3 is 21.5 Å². The van der Waals surface area contributed by atoms with Crippen molar-refractivity contribution in [2.45, 2.75) is 13.0 Å². The molecule has 160 valence electrons. The summed E-state index contributed by atoms with van der Waals surface area (Å²) in [4.78, 5) is 41.3. The van der Waals surface area contributed by atoms with Crippen LogP contribution < -0.4 is 16.4 Å². The van der Waals surface area contributed by atoms with Crippen LogP contribution in [0.1, 0.15) is 32.5 Å². The summed E-state index contributed by atoms with van der Waals surface area (Å²) in [5, 5.41) is 9.04. The maximum atomic E-state index is 14.0. The number of anilines is 3. The average molecular weight is 463 g/mol. The van der Waals surface area contributed by atoms with Gasteiger partial charge in [-0.3, -0.25) is 9.59 Å². The van der Waals surface area contributed by atoms with Gasteiger partial charge >= 0.3 is 5.97 Å². The number of carbonyl (C=O) groups excluding carboxylic acids is 2. The molecule has 1 amide bonds. The molecule has 2 aromatic carbocycles. The molecule has 1 heterocycles. The number of carboxylic acid groups (broad SMARTS) is 1. The molecule has 11 heteroatoms. The fraction of sp³-hybridized carbons (Fsp3) is 0.100. The Balaban J connectivity index is 2.03. The van der Waals surface area contributed by atoms with E-state index in [2.05, 4.69) is 4.98 Å². The quantitative estimate of drug-likeness (QED) is 0.457. The normalized spacial score (nSPS) is 11.7. The Morgan fingerprint density at radius 2 is 1.77 bits per heavy atom. The van der Waals surface area contributed by atoms with Gasteiger partial charge in [-0.2, -0.15) is 0 Å². The van der Waals surface area contributed by atoms with Crippen LogP contribution in [0.15, 0.2) is 42.5 Å². The summed E-state index contributed by atoms with van der Waals surface area (Å²) in [5.41, 5.74) is 11.9. The fourth-order valence-electron chi connectivity index (χ4n) is 2.74. The number of nitrogen functional groups attached to an aromatic ring is 1. The monoisotopic (exact) mass is 462 g/mol. The Morgan fingerprint density at radius 3 is 2.32 bits per heavy atom. The van der Waals surface area contributed by atoms with E-state index in [-0.39, 0.29) is 37.7 Å². The highest BCUT2D eigenvalue weighted by Gasteiger charge is 2.28. The van der Waals surface area contributed by atoms with Gasteiger partial charge in [0.15, 0.2) is 5.13 Å². The van der Waals surface area contributed by atoms with Crippen LogP contribution >= 0.6 is 22.9 Å². The first kappa shape index (κ1) is 22.2. The zero-order valence-corrected chi connectivity index (χ0v) is 17.6. The molecule has 0 spiro atoms. The van der Waals surface area contributed by atoms with Crippen LogP contribution in [0, 0.1) is 5.82 Å². The standard InChI is InChI=1S/C20H16ClFN4O4S/c1-9(18(24)28)26(12-6-7-13(21)14(22)8-12)20-25-17(23)16(31-20)15(27)10-2-4-11(5-3-10)19(29)30/h2-9H,23H2,1H3,(H2,24,28)(H,29,30)/t9-/m1/s1. The number of ketones is 1. The molecule has 3 aromatic rings. The highest BCUT2D eigenvalue weighted by atomic mass is 35.5. The molecule has 0 saturated carbocycles. The van der Waals surface area contributed by atoms with Gasteiger partial charge in [-0.05, 0) is 37.3 Å². The summed E-state index contributed by atoms with van der Waals surface area (Å²) in [5.74, 6) is -3.11. The molecule has 0 aliphatic carbocycles. The molecule has 0 saturated heterocycles. The van der Waals surface area contributed by atoms with Crippen molar-refractivity contribution < 1.29 is 23.9 Å². The van der Waals surface area contributed by atoms with Gasteiger partial charge in [-0.15, -0.1) is 0 Å². The van der Waals surface area contributed by atoms with E-state index in [1.165, 1.54) is 48.2 Å². The third-order valence-electron chi connectivity index (χ3n) is 4.43. The van der Waals surface area contributed by atoms with Gasteiger partial charge in [-0.1, -0.05) is 35.1 Å². The van der Waals surface area contributed by atoms with E-state index in [1.807, 2.05) is 0 Å². The SMILES string of the molecule is C[C@H](C(N)=O)N(c1ccc(Cl)c(F)c1)c1nc(N)c(C(=O)c2ccc(C(=O)O)cc2)s1. The Labute approximate surface area is 184 Å².